The number of hydrogen-bond acceptors (Lipinski definition) is 3. The maximum Gasteiger partial charge on any atom is 0.318 e. The molecule has 2 aromatic rings. The number of carbonyl (C=O) groups is 1. The minimum atomic E-state index is 0.0329. The van der Waals surface area contributed by atoms with E-state index in [1.54, 1.807) is 11.3 Å². The zero-order chi connectivity index (χ0) is 16.2. The number of rotatable bonds is 5. The van der Waals surface area contributed by atoms with E-state index in [2.05, 4.69) is 38.8 Å². The molecule has 23 heavy (non-hydrogen) atoms. The van der Waals surface area contributed by atoms with Gasteiger partial charge in [0.2, 0.25) is 0 Å². The third-order valence-electron chi connectivity index (χ3n) is 4.44. The zero-order valence-corrected chi connectivity index (χ0v) is 14.5. The lowest BCUT2D eigenvalue weighted by molar-refractivity contribution is 0.187. The molecule has 0 bridgehead atoms. The van der Waals surface area contributed by atoms with Crippen LogP contribution < -0.4 is 5.32 Å². The van der Waals surface area contributed by atoms with Crippen molar-refractivity contribution in [2.45, 2.75) is 24.9 Å². The van der Waals surface area contributed by atoms with Crippen LogP contribution in [0.3, 0.4) is 0 Å². The number of thiophene rings is 1. The molecule has 1 saturated heterocycles. The molecule has 0 aromatic carbocycles. The Morgan fingerprint density at radius 1 is 1.48 bits per heavy atom. The van der Waals surface area contributed by atoms with Gasteiger partial charge in [0, 0.05) is 29.9 Å². The Morgan fingerprint density at radius 2 is 2.35 bits per heavy atom. The predicted molar refractivity (Wildman–Crippen MR) is 93.6 cm³/mol. The number of carbonyl (C=O) groups excluding carboxylic acids is 1. The van der Waals surface area contributed by atoms with Crippen LogP contribution in [-0.4, -0.2) is 48.0 Å². The molecule has 124 valence electrons. The van der Waals surface area contributed by atoms with Crippen LogP contribution in [0.1, 0.15) is 35.5 Å². The maximum absolute atomic E-state index is 12.6. The van der Waals surface area contributed by atoms with Gasteiger partial charge in [-0.2, -0.15) is 0 Å². The van der Waals surface area contributed by atoms with Crippen molar-refractivity contribution < 1.29 is 4.79 Å². The number of aromatic amines is 1. The minimum Gasteiger partial charge on any atom is -0.363 e. The molecule has 5 nitrogen and oxygen atoms in total. The molecule has 1 fully saturated rings. The second-order valence-electron chi connectivity index (χ2n) is 6.16. The van der Waals surface area contributed by atoms with Crippen LogP contribution in [-0.2, 0) is 0 Å². The lowest BCUT2D eigenvalue weighted by Gasteiger charge is -2.28. The lowest BCUT2D eigenvalue weighted by Crippen LogP contribution is -2.42. The van der Waals surface area contributed by atoms with Gasteiger partial charge in [-0.3, -0.25) is 0 Å². The molecule has 3 rings (SSSR count). The van der Waals surface area contributed by atoms with Crippen molar-refractivity contribution in [1.82, 2.24) is 20.1 Å². The van der Waals surface area contributed by atoms with Crippen LogP contribution in [0.25, 0.3) is 0 Å². The molecule has 3 heterocycles. The van der Waals surface area contributed by atoms with E-state index < -0.39 is 0 Å². The number of likely N-dealkylation sites (N-methyl/N-ethyl adjacent to an activating group) is 1. The largest absolute Gasteiger partial charge is 0.363 e. The van der Waals surface area contributed by atoms with Crippen LogP contribution in [0.5, 0.6) is 0 Å². The van der Waals surface area contributed by atoms with Gasteiger partial charge in [0.15, 0.2) is 0 Å². The number of urea groups is 1. The van der Waals surface area contributed by atoms with E-state index in [0.29, 0.717) is 6.54 Å². The number of nitrogens with zero attached hydrogens (tertiary/aromatic N) is 2. The smallest absolute Gasteiger partial charge is 0.318 e. The standard InChI is InChI=1S/C17H24N4OS/c1-20(2)15(16-8-5-11-23-16)12-19-17(22)21-10-4-7-14(21)13-6-3-9-18-13/h3,5-6,8-9,11,14-15,18H,4,7,10,12H2,1-2H3,(H,19,22)/t14-,15+/m0/s1. The Labute approximate surface area is 141 Å². The molecular formula is C17H24N4OS. The van der Waals surface area contributed by atoms with Gasteiger partial charge in [0.1, 0.15) is 0 Å². The highest BCUT2D eigenvalue weighted by atomic mass is 32.1. The number of aromatic nitrogens is 1. The summed E-state index contributed by atoms with van der Waals surface area (Å²) in [7, 11) is 4.10. The molecule has 0 saturated carbocycles. The summed E-state index contributed by atoms with van der Waals surface area (Å²) in [5.74, 6) is 0. The first kappa shape index (κ1) is 16.1. The normalized spacial score (nSPS) is 19.3. The van der Waals surface area contributed by atoms with Crippen molar-refractivity contribution in [2.24, 2.45) is 0 Å². The minimum absolute atomic E-state index is 0.0329. The molecule has 0 spiro atoms. The van der Waals surface area contributed by atoms with Crippen LogP contribution >= 0.6 is 11.3 Å². The van der Waals surface area contributed by atoms with Gasteiger partial charge < -0.3 is 20.1 Å². The molecule has 1 aliphatic rings. The maximum atomic E-state index is 12.6. The van der Waals surface area contributed by atoms with E-state index in [4.69, 9.17) is 0 Å². The number of H-pyrrole nitrogens is 1. The van der Waals surface area contributed by atoms with Crippen molar-refractivity contribution in [3.8, 4) is 0 Å². The molecule has 2 N–H and O–H groups in total. The lowest BCUT2D eigenvalue weighted by atomic mass is 10.1. The summed E-state index contributed by atoms with van der Waals surface area (Å²) in [6.07, 6.45) is 4.00. The van der Waals surface area contributed by atoms with E-state index in [1.807, 2.05) is 31.3 Å². The third-order valence-corrected chi connectivity index (χ3v) is 5.41. The van der Waals surface area contributed by atoms with Gasteiger partial charge in [0.05, 0.1) is 12.1 Å². The summed E-state index contributed by atoms with van der Waals surface area (Å²) < 4.78 is 0. The van der Waals surface area contributed by atoms with Gasteiger partial charge in [0.25, 0.3) is 0 Å². The van der Waals surface area contributed by atoms with Crippen LogP contribution in [0.15, 0.2) is 35.8 Å². The SMILES string of the molecule is CN(C)[C@H](CNC(=O)N1CCC[C@H]1c1ccc[nH]1)c1cccs1. The number of hydrogen-bond donors (Lipinski definition) is 2. The Balaban J connectivity index is 1.62. The average Bonchev–Trinajstić information content (AvgIpc) is 3.27. The van der Waals surface area contributed by atoms with Crippen molar-refractivity contribution in [3.05, 3.63) is 46.4 Å². The predicted octanol–water partition coefficient (Wildman–Crippen LogP) is 3.23. The van der Waals surface area contributed by atoms with Crippen molar-refractivity contribution in [2.75, 3.05) is 27.2 Å². The van der Waals surface area contributed by atoms with Gasteiger partial charge in [-0.25, -0.2) is 4.79 Å². The van der Waals surface area contributed by atoms with Crippen LogP contribution in [0.2, 0.25) is 0 Å². The number of likely N-dealkylation sites (tertiary alicyclic amines) is 1. The van der Waals surface area contributed by atoms with Gasteiger partial charge in [-0.05, 0) is 50.5 Å². The first-order valence-corrected chi connectivity index (χ1v) is 8.92. The second-order valence-corrected chi connectivity index (χ2v) is 7.14. The Bertz CT molecular complexity index is 609. The van der Waals surface area contributed by atoms with E-state index in [9.17, 15) is 4.79 Å². The number of nitrogens with one attached hydrogen (secondary N) is 2. The first-order chi connectivity index (χ1) is 11.2. The second kappa shape index (κ2) is 7.19. The van der Waals surface area contributed by atoms with E-state index >= 15 is 0 Å². The molecular weight excluding hydrogens is 308 g/mol. The summed E-state index contributed by atoms with van der Waals surface area (Å²) in [5.41, 5.74) is 1.13. The molecule has 0 radical (unpaired) electrons. The topological polar surface area (TPSA) is 51.4 Å². The van der Waals surface area contributed by atoms with Crippen LogP contribution in [0.4, 0.5) is 4.79 Å². The quantitative estimate of drug-likeness (QED) is 0.883. The van der Waals surface area contributed by atoms with Crippen molar-refractivity contribution in [1.29, 1.82) is 0 Å². The highest BCUT2D eigenvalue weighted by Crippen LogP contribution is 2.31. The summed E-state index contributed by atoms with van der Waals surface area (Å²) in [6, 6.07) is 8.65. The Kier molecular flexibility index (Phi) is 5.03. The van der Waals surface area contributed by atoms with Crippen molar-refractivity contribution in [3.63, 3.8) is 0 Å². The summed E-state index contributed by atoms with van der Waals surface area (Å²) in [4.78, 5) is 21.3. The summed E-state index contributed by atoms with van der Waals surface area (Å²) in [6.45, 7) is 1.45. The highest BCUT2D eigenvalue weighted by Gasteiger charge is 2.31. The molecule has 0 unspecified atom stereocenters. The molecule has 1 aliphatic heterocycles. The highest BCUT2D eigenvalue weighted by molar-refractivity contribution is 7.10. The fraction of sp³-hybridized carbons (Fsp3) is 0.471. The number of amides is 2. The summed E-state index contributed by atoms with van der Waals surface area (Å²) in [5, 5.41) is 5.20. The first-order valence-electron chi connectivity index (χ1n) is 8.04. The average molecular weight is 332 g/mol. The third kappa shape index (κ3) is 3.59. The monoisotopic (exact) mass is 332 g/mol. The molecule has 2 atom stereocenters. The fourth-order valence-electron chi connectivity index (χ4n) is 3.19. The zero-order valence-electron chi connectivity index (χ0n) is 13.7. The summed E-state index contributed by atoms with van der Waals surface area (Å²) >= 11 is 1.73. The molecule has 6 heteroatoms. The fourth-order valence-corrected chi connectivity index (χ4v) is 4.11. The molecule has 2 aromatic heterocycles. The van der Waals surface area contributed by atoms with E-state index in [0.717, 1.165) is 25.1 Å². The van der Waals surface area contributed by atoms with E-state index in [-0.39, 0.29) is 18.1 Å². The van der Waals surface area contributed by atoms with Crippen LogP contribution in [0, 0.1) is 0 Å². The van der Waals surface area contributed by atoms with Gasteiger partial charge in [-0.15, -0.1) is 11.3 Å². The van der Waals surface area contributed by atoms with Gasteiger partial charge in [-0.1, -0.05) is 6.07 Å². The molecule has 0 aliphatic carbocycles. The Morgan fingerprint density at radius 3 is 3.00 bits per heavy atom. The Hall–Kier alpha value is -1.79. The van der Waals surface area contributed by atoms with Crippen molar-refractivity contribution >= 4 is 17.4 Å². The van der Waals surface area contributed by atoms with E-state index in [1.165, 1.54) is 4.88 Å². The van der Waals surface area contributed by atoms with Gasteiger partial charge >= 0.3 is 6.03 Å². The molecule has 2 amide bonds.